The van der Waals surface area contributed by atoms with E-state index in [1.165, 1.54) is 21.1 Å². The van der Waals surface area contributed by atoms with Crippen LogP contribution in [-0.4, -0.2) is 25.8 Å². The molecule has 1 rings (SSSR count). The molecule has 0 amide bonds. The van der Waals surface area contributed by atoms with Crippen LogP contribution in [0.1, 0.15) is 12.5 Å². The van der Waals surface area contributed by atoms with E-state index in [-0.39, 0.29) is 5.78 Å². The number of carbonyl (C=O) groups excluding carboxylic acids is 1. The third-order valence-corrected chi connectivity index (χ3v) is 2.48. The lowest BCUT2D eigenvalue weighted by Gasteiger charge is -2.28. The van der Waals surface area contributed by atoms with Gasteiger partial charge in [-0.05, 0) is 5.56 Å². The summed E-state index contributed by atoms with van der Waals surface area (Å²) in [5.74, 6) is -1.28. The van der Waals surface area contributed by atoms with Crippen molar-refractivity contribution >= 4 is 5.78 Å². The van der Waals surface area contributed by atoms with Gasteiger partial charge in [-0.25, -0.2) is 0 Å². The molecule has 3 heteroatoms. The Hall–Kier alpha value is -1.19. The second-order valence-electron chi connectivity index (χ2n) is 3.38. The summed E-state index contributed by atoms with van der Waals surface area (Å²) in [6.07, 6.45) is 0.427. The highest BCUT2D eigenvalue weighted by Crippen LogP contribution is 2.19. The molecule has 1 aromatic carbocycles. The first-order valence-electron chi connectivity index (χ1n) is 4.80. The van der Waals surface area contributed by atoms with E-state index in [1.54, 1.807) is 0 Å². The van der Waals surface area contributed by atoms with Crippen LogP contribution in [-0.2, 0) is 20.7 Å². The van der Waals surface area contributed by atoms with Crippen LogP contribution in [0.2, 0.25) is 0 Å². The second kappa shape index (κ2) is 5.05. The zero-order valence-electron chi connectivity index (χ0n) is 9.32. The van der Waals surface area contributed by atoms with Crippen molar-refractivity contribution in [2.75, 3.05) is 14.2 Å². The first-order chi connectivity index (χ1) is 7.14. The normalized spacial score (nSPS) is 11.4. The van der Waals surface area contributed by atoms with Gasteiger partial charge in [0.05, 0.1) is 0 Å². The second-order valence-corrected chi connectivity index (χ2v) is 3.38. The maximum atomic E-state index is 11.5. The van der Waals surface area contributed by atoms with Crippen LogP contribution in [0.3, 0.4) is 0 Å². The fourth-order valence-electron chi connectivity index (χ4n) is 1.50. The van der Waals surface area contributed by atoms with Crippen molar-refractivity contribution in [3.05, 3.63) is 35.9 Å². The van der Waals surface area contributed by atoms with E-state index < -0.39 is 5.79 Å². The number of hydrogen-bond acceptors (Lipinski definition) is 3. The zero-order chi connectivity index (χ0) is 11.3. The number of carbonyl (C=O) groups is 1. The smallest absolute Gasteiger partial charge is 0.232 e. The number of ketones is 1. The van der Waals surface area contributed by atoms with E-state index in [2.05, 4.69) is 0 Å². The number of Topliss-reactive ketones (excluding diaryl/α,β-unsaturated/α-hetero) is 1. The summed E-state index contributed by atoms with van der Waals surface area (Å²) >= 11 is 0. The maximum Gasteiger partial charge on any atom is 0.232 e. The van der Waals surface area contributed by atoms with Gasteiger partial charge < -0.3 is 9.47 Å². The van der Waals surface area contributed by atoms with Gasteiger partial charge in [-0.2, -0.15) is 0 Å². The molecular formula is C12H16O3. The van der Waals surface area contributed by atoms with Gasteiger partial charge in [-0.15, -0.1) is 0 Å². The molecular weight excluding hydrogens is 192 g/mol. The molecule has 0 fully saturated rings. The van der Waals surface area contributed by atoms with Gasteiger partial charge >= 0.3 is 0 Å². The molecule has 3 nitrogen and oxygen atoms in total. The van der Waals surface area contributed by atoms with Crippen LogP contribution in [0.4, 0.5) is 0 Å². The Balaban J connectivity index is 2.89. The maximum absolute atomic E-state index is 11.5. The molecule has 0 unspecified atom stereocenters. The number of benzene rings is 1. The number of ether oxygens (including phenoxy) is 2. The molecule has 1 aromatic rings. The Morgan fingerprint density at radius 3 is 2.13 bits per heavy atom. The Kier molecular flexibility index (Phi) is 4.00. The van der Waals surface area contributed by atoms with Gasteiger partial charge in [-0.3, -0.25) is 4.79 Å². The summed E-state index contributed by atoms with van der Waals surface area (Å²) < 4.78 is 10.4. The van der Waals surface area contributed by atoms with Crippen molar-refractivity contribution in [1.29, 1.82) is 0 Å². The highest BCUT2D eigenvalue weighted by Gasteiger charge is 2.35. The van der Waals surface area contributed by atoms with Crippen LogP contribution in [0, 0.1) is 0 Å². The number of rotatable bonds is 5. The van der Waals surface area contributed by atoms with Gasteiger partial charge in [-0.1, -0.05) is 30.3 Å². The summed E-state index contributed by atoms with van der Waals surface area (Å²) in [5, 5.41) is 0. The summed E-state index contributed by atoms with van der Waals surface area (Å²) in [4.78, 5) is 11.5. The van der Waals surface area contributed by atoms with Gasteiger partial charge in [0.15, 0.2) is 5.78 Å². The lowest BCUT2D eigenvalue weighted by molar-refractivity contribution is -0.204. The highest BCUT2D eigenvalue weighted by atomic mass is 16.7. The Labute approximate surface area is 90.0 Å². The predicted octanol–water partition coefficient (Wildman–Crippen LogP) is 1.81. The lowest BCUT2D eigenvalue weighted by Crippen LogP contribution is -2.43. The highest BCUT2D eigenvalue weighted by molar-refractivity contribution is 5.83. The first-order valence-corrected chi connectivity index (χ1v) is 4.80. The standard InChI is InChI=1S/C12H16O3/c1-10(13)12(14-2,15-3)9-11-7-5-4-6-8-11/h4-8H,9H2,1-3H3. The molecule has 0 aliphatic heterocycles. The van der Waals surface area contributed by atoms with Crippen molar-refractivity contribution in [2.24, 2.45) is 0 Å². The molecule has 0 heterocycles. The van der Waals surface area contributed by atoms with E-state index in [0.29, 0.717) is 6.42 Å². The minimum atomic E-state index is -1.15. The Morgan fingerprint density at radius 1 is 1.20 bits per heavy atom. The monoisotopic (exact) mass is 208 g/mol. The van der Waals surface area contributed by atoms with E-state index >= 15 is 0 Å². The van der Waals surface area contributed by atoms with Gasteiger partial charge in [0.25, 0.3) is 0 Å². The van der Waals surface area contributed by atoms with Crippen LogP contribution in [0.25, 0.3) is 0 Å². The lowest BCUT2D eigenvalue weighted by atomic mass is 10.0. The summed E-state index contributed by atoms with van der Waals surface area (Å²) in [7, 11) is 2.96. The van der Waals surface area contributed by atoms with Crippen molar-refractivity contribution in [2.45, 2.75) is 19.1 Å². The SMILES string of the molecule is COC(Cc1ccccc1)(OC)C(C)=O. The molecule has 0 saturated heterocycles. The number of hydrogen-bond donors (Lipinski definition) is 0. The Morgan fingerprint density at radius 2 is 1.73 bits per heavy atom. The number of methoxy groups -OCH3 is 2. The van der Waals surface area contributed by atoms with Crippen molar-refractivity contribution in [3.63, 3.8) is 0 Å². The topological polar surface area (TPSA) is 35.5 Å². The van der Waals surface area contributed by atoms with Crippen molar-refractivity contribution in [1.82, 2.24) is 0 Å². The molecule has 0 saturated carbocycles. The molecule has 0 atom stereocenters. The average Bonchev–Trinajstić information content (AvgIpc) is 2.27. The van der Waals surface area contributed by atoms with Gasteiger partial charge in [0.1, 0.15) is 0 Å². The van der Waals surface area contributed by atoms with Gasteiger partial charge in [0.2, 0.25) is 5.79 Å². The molecule has 0 bridgehead atoms. The summed E-state index contributed by atoms with van der Waals surface area (Å²) in [5.41, 5.74) is 1.01. The quantitative estimate of drug-likeness (QED) is 0.692. The average molecular weight is 208 g/mol. The first kappa shape index (κ1) is 11.9. The third-order valence-electron chi connectivity index (χ3n) is 2.48. The minimum Gasteiger partial charge on any atom is -0.347 e. The molecule has 0 aliphatic carbocycles. The molecule has 82 valence electrons. The Bertz CT molecular complexity index is 315. The van der Waals surface area contributed by atoms with E-state index in [1.807, 2.05) is 30.3 Å². The van der Waals surface area contributed by atoms with Crippen LogP contribution >= 0.6 is 0 Å². The largest absolute Gasteiger partial charge is 0.347 e. The molecule has 0 N–H and O–H groups in total. The minimum absolute atomic E-state index is 0.128. The molecule has 0 aliphatic rings. The van der Waals surface area contributed by atoms with Crippen molar-refractivity contribution in [3.8, 4) is 0 Å². The molecule has 0 spiro atoms. The molecule has 0 radical (unpaired) electrons. The predicted molar refractivity (Wildman–Crippen MR) is 57.6 cm³/mol. The zero-order valence-corrected chi connectivity index (χ0v) is 9.32. The fraction of sp³-hybridized carbons (Fsp3) is 0.417. The third kappa shape index (κ3) is 2.64. The summed E-state index contributed by atoms with van der Waals surface area (Å²) in [6, 6.07) is 9.65. The van der Waals surface area contributed by atoms with E-state index in [9.17, 15) is 4.79 Å². The fourth-order valence-corrected chi connectivity index (χ4v) is 1.50. The van der Waals surface area contributed by atoms with Crippen molar-refractivity contribution < 1.29 is 14.3 Å². The molecule has 15 heavy (non-hydrogen) atoms. The summed E-state index contributed by atoms with van der Waals surface area (Å²) in [6.45, 7) is 1.47. The van der Waals surface area contributed by atoms with Crippen LogP contribution in [0.5, 0.6) is 0 Å². The van der Waals surface area contributed by atoms with Gasteiger partial charge in [0, 0.05) is 27.6 Å². The van der Waals surface area contributed by atoms with Crippen LogP contribution in [0.15, 0.2) is 30.3 Å². The molecule has 0 aromatic heterocycles. The van der Waals surface area contributed by atoms with Crippen LogP contribution < -0.4 is 0 Å². The van der Waals surface area contributed by atoms with E-state index in [4.69, 9.17) is 9.47 Å². The van der Waals surface area contributed by atoms with E-state index in [0.717, 1.165) is 5.56 Å².